The third-order valence-electron chi connectivity index (χ3n) is 1.80. The second kappa shape index (κ2) is 3.88. The molecule has 1 aliphatic heterocycles. The van der Waals surface area contributed by atoms with Gasteiger partial charge in [-0.2, -0.15) is 0 Å². The molecule has 2 atom stereocenters. The first-order valence-corrected chi connectivity index (χ1v) is 3.78. The molecule has 1 fully saturated rings. The molecule has 3 heteroatoms. The Morgan fingerprint density at radius 3 is 3.00 bits per heavy atom. The number of halogens is 1. The Morgan fingerprint density at radius 1 is 1.70 bits per heavy atom. The van der Waals surface area contributed by atoms with Crippen molar-refractivity contribution < 1.29 is 9.13 Å². The van der Waals surface area contributed by atoms with Crippen LogP contribution in [0.3, 0.4) is 0 Å². The van der Waals surface area contributed by atoms with Crippen LogP contribution < -0.4 is 5.73 Å². The van der Waals surface area contributed by atoms with Gasteiger partial charge in [0.25, 0.3) is 0 Å². The molecule has 0 spiro atoms. The van der Waals surface area contributed by atoms with Gasteiger partial charge in [0.1, 0.15) is 6.17 Å². The smallest absolute Gasteiger partial charge is 0.115 e. The Labute approximate surface area is 60.5 Å². The zero-order valence-electron chi connectivity index (χ0n) is 6.05. The number of rotatable bonds is 3. The molecular formula is C7H14FNO. The third kappa shape index (κ3) is 2.23. The standard InChI is InChI=1S/C7H14FNO/c8-6(5-9)4-7-2-1-3-10-7/h6-7H,1-5,9H2/t6-,7+/m0/s1. The van der Waals surface area contributed by atoms with Gasteiger partial charge < -0.3 is 10.5 Å². The van der Waals surface area contributed by atoms with E-state index in [0.29, 0.717) is 6.42 Å². The van der Waals surface area contributed by atoms with E-state index in [9.17, 15) is 4.39 Å². The van der Waals surface area contributed by atoms with E-state index in [1.54, 1.807) is 0 Å². The summed E-state index contributed by atoms with van der Waals surface area (Å²) in [7, 11) is 0. The van der Waals surface area contributed by atoms with E-state index in [4.69, 9.17) is 10.5 Å². The summed E-state index contributed by atoms with van der Waals surface area (Å²) in [5, 5.41) is 0. The summed E-state index contributed by atoms with van der Waals surface area (Å²) >= 11 is 0. The van der Waals surface area contributed by atoms with E-state index in [1.165, 1.54) is 0 Å². The Hall–Kier alpha value is -0.150. The van der Waals surface area contributed by atoms with Gasteiger partial charge in [0.15, 0.2) is 0 Å². The summed E-state index contributed by atoms with van der Waals surface area (Å²) < 4.78 is 17.8. The van der Waals surface area contributed by atoms with Crippen LogP contribution in [-0.2, 0) is 4.74 Å². The summed E-state index contributed by atoms with van der Waals surface area (Å²) in [6.45, 7) is 0.918. The minimum absolute atomic E-state index is 0.125. The van der Waals surface area contributed by atoms with Crippen LogP contribution in [0.2, 0.25) is 0 Å². The fourth-order valence-electron chi connectivity index (χ4n) is 1.21. The van der Waals surface area contributed by atoms with Crippen LogP contribution in [0.1, 0.15) is 19.3 Å². The van der Waals surface area contributed by atoms with Crippen LogP contribution >= 0.6 is 0 Å². The number of hydrogen-bond donors (Lipinski definition) is 1. The first-order valence-electron chi connectivity index (χ1n) is 3.78. The highest BCUT2D eigenvalue weighted by Crippen LogP contribution is 2.17. The molecule has 1 heterocycles. The minimum Gasteiger partial charge on any atom is -0.378 e. The lowest BCUT2D eigenvalue weighted by Gasteiger charge is -2.10. The van der Waals surface area contributed by atoms with E-state index in [0.717, 1.165) is 19.4 Å². The molecule has 60 valence electrons. The van der Waals surface area contributed by atoms with E-state index in [-0.39, 0.29) is 12.6 Å². The molecule has 0 bridgehead atoms. The Balaban J connectivity index is 2.11. The predicted molar refractivity (Wildman–Crippen MR) is 37.5 cm³/mol. The van der Waals surface area contributed by atoms with Gasteiger partial charge in [0.2, 0.25) is 0 Å². The van der Waals surface area contributed by atoms with E-state index < -0.39 is 6.17 Å². The van der Waals surface area contributed by atoms with Gasteiger partial charge >= 0.3 is 0 Å². The van der Waals surface area contributed by atoms with Crippen molar-refractivity contribution in [1.29, 1.82) is 0 Å². The first-order chi connectivity index (χ1) is 4.83. The number of alkyl halides is 1. The number of nitrogens with two attached hydrogens (primary N) is 1. The lowest BCUT2D eigenvalue weighted by Crippen LogP contribution is -2.21. The fourth-order valence-corrected chi connectivity index (χ4v) is 1.21. The summed E-state index contributed by atoms with van der Waals surface area (Å²) in [5.74, 6) is 0. The van der Waals surface area contributed by atoms with Crippen molar-refractivity contribution in [1.82, 2.24) is 0 Å². The number of ether oxygens (including phenoxy) is 1. The maximum atomic E-state index is 12.6. The lowest BCUT2D eigenvalue weighted by atomic mass is 10.1. The Bertz CT molecular complexity index is 93.6. The topological polar surface area (TPSA) is 35.2 Å². The van der Waals surface area contributed by atoms with Crippen LogP contribution in [0.4, 0.5) is 4.39 Å². The van der Waals surface area contributed by atoms with Crippen molar-refractivity contribution in [2.45, 2.75) is 31.5 Å². The predicted octanol–water partition coefficient (Wildman–Crippen LogP) is 0.852. The molecule has 0 aromatic carbocycles. The Morgan fingerprint density at radius 2 is 2.50 bits per heavy atom. The summed E-state index contributed by atoms with van der Waals surface area (Å²) in [4.78, 5) is 0. The highest BCUT2D eigenvalue weighted by molar-refractivity contribution is 4.69. The maximum absolute atomic E-state index is 12.6. The minimum atomic E-state index is -0.872. The van der Waals surface area contributed by atoms with Crippen molar-refractivity contribution in [2.75, 3.05) is 13.2 Å². The second-order valence-corrected chi connectivity index (χ2v) is 2.70. The van der Waals surface area contributed by atoms with Crippen LogP contribution in [0.25, 0.3) is 0 Å². The third-order valence-corrected chi connectivity index (χ3v) is 1.80. The molecule has 0 radical (unpaired) electrons. The zero-order valence-corrected chi connectivity index (χ0v) is 6.05. The van der Waals surface area contributed by atoms with Gasteiger partial charge in [-0.3, -0.25) is 0 Å². The van der Waals surface area contributed by atoms with Crippen molar-refractivity contribution >= 4 is 0 Å². The van der Waals surface area contributed by atoms with Crippen LogP contribution in [-0.4, -0.2) is 25.4 Å². The molecule has 1 aliphatic rings. The van der Waals surface area contributed by atoms with Gasteiger partial charge in [-0.25, -0.2) is 4.39 Å². The van der Waals surface area contributed by atoms with Crippen molar-refractivity contribution in [2.24, 2.45) is 5.73 Å². The molecule has 0 aromatic heterocycles. The van der Waals surface area contributed by atoms with E-state index in [1.807, 2.05) is 0 Å². The highest BCUT2D eigenvalue weighted by atomic mass is 19.1. The number of hydrogen-bond acceptors (Lipinski definition) is 2. The molecule has 0 unspecified atom stereocenters. The molecule has 0 saturated carbocycles. The average Bonchev–Trinajstić information content (AvgIpc) is 2.40. The van der Waals surface area contributed by atoms with Gasteiger partial charge in [-0.1, -0.05) is 0 Å². The summed E-state index contributed by atoms with van der Waals surface area (Å²) in [6.07, 6.45) is 1.82. The molecule has 1 rings (SSSR count). The Kier molecular flexibility index (Phi) is 3.09. The summed E-state index contributed by atoms with van der Waals surface area (Å²) in [5.41, 5.74) is 5.12. The molecule has 0 amide bonds. The molecule has 1 saturated heterocycles. The normalized spacial score (nSPS) is 28.8. The highest BCUT2D eigenvalue weighted by Gasteiger charge is 2.19. The van der Waals surface area contributed by atoms with Gasteiger partial charge in [0.05, 0.1) is 6.10 Å². The molecular weight excluding hydrogens is 133 g/mol. The maximum Gasteiger partial charge on any atom is 0.115 e. The van der Waals surface area contributed by atoms with Gasteiger partial charge in [-0.15, -0.1) is 0 Å². The molecule has 2 nitrogen and oxygen atoms in total. The average molecular weight is 147 g/mol. The van der Waals surface area contributed by atoms with Gasteiger partial charge in [0, 0.05) is 19.6 Å². The van der Waals surface area contributed by atoms with Crippen molar-refractivity contribution in [3.05, 3.63) is 0 Å². The molecule has 0 aliphatic carbocycles. The van der Waals surface area contributed by atoms with Crippen LogP contribution in [0.5, 0.6) is 0 Å². The SMILES string of the molecule is NC[C@@H](F)C[C@H]1CCCO1. The quantitative estimate of drug-likeness (QED) is 0.642. The van der Waals surface area contributed by atoms with E-state index in [2.05, 4.69) is 0 Å². The largest absolute Gasteiger partial charge is 0.378 e. The van der Waals surface area contributed by atoms with Crippen molar-refractivity contribution in [3.8, 4) is 0 Å². The second-order valence-electron chi connectivity index (χ2n) is 2.70. The molecule has 2 N–H and O–H groups in total. The lowest BCUT2D eigenvalue weighted by molar-refractivity contribution is 0.0825. The fraction of sp³-hybridized carbons (Fsp3) is 1.00. The van der Waals surface area contributed by atoms with Crippen LogP contribution in [0.15, 0.2) is 0 Å². The summed E-state index contributed by atoms with van der Waals surface area (Å²) in [6, 6.07) is 0. The van der Waals surface area contributed by atoms with Crippen molar-refractivity contribution in [3.63, 3.8) is 0 Å². The zero-order chi connectivity index (χ0) is 7.40. The monoisotopic (exact) mass is 147 g/mol. The molecule has 10 heavy (non-hydrogen) atoms. The van der Waals surface area contributed by atoms with Gasteiger partial charge in [-0.05, 0) is 12.8 Å². The van der Waals surface area contributed by atoms with Crippen LogP contribution in [0, 0.1) is 0 Å². The molecule has 0 aromatic rings. The van der Waals surface area contributed by atoms with E-state index >= 15 is 0 Å². The first kappa shape index (κ1) is 7.95.